The predicted molar refractivity (Wildman–Crippen MR) is 215 cm³/mol. The number of aromatic nitrogens is 3. The van der Waals surface area contributed by atoms with Crippen molar-refractivity contribution in [1.29, 1.82) is 0 Å². The minimum Gasteiger partial charge on any atom is -0.456 e. The second kappa shape index (κ2) is 11.6. The zero-order valence-corrected chi connectivity index (χ0v) is 28.8. The molecule has 5 heteroatoms. The van der Waals surface area contributed by atoms with E-state index < -0.39 is 0 Å². The van der Waals surface area contributed by atoms with E-state index in [4.69, 9.17) is 19.4 Å². The molecule has 6 aromatic carbocycles. The fraction of sp³-hybridized carbons (Fsp3) is 0.0426. The molecule has 0 radical (unpaired) electrons. The number of para-hydroxylation sites is 1. The summed E-state index contributed by atoms with van der Waals surface area (Å²) < 4.78 is 9.00. The molecule has 0 saturated heterocycles. The highest BCUT2D eigenvalue weighted by Gasteiger charge is 2.27. The molecular formula is C47H29N3OS. The van der Waals surface area contributed by atoms with Gasteiger partial charge in [-0.1, -0.05) is 127 Å². The molecule has 0 bridgehead atoms. The number of thiophene rings is 1. The third kappa shape index (κ3) is 4.56. The SMILES string of the molecule is C1=Cc2ccccc2C2CC=C(c3nc(-c4ccccc4)nc(-c4c(-c5cccc6c5sc5ccccc56)ccc5oc6ccccc6c45)n3)C=C12. The zero-order valence-electron chi connectivity index (χ0n) is 28.0. The Morgan fingerprint density at radius 1 is 0.577 bits per heavy atom. The average molecular weight is 684 g/mol. The van der Waals surface area contributed by atoms with E-state index >= 15 is 0 Å². The van der Waals surface area contributed by atoms with Crippen molar-refractivity contribution in [3.8, 4) is 33.9 Å². The maximum absolute atomic E-state index is 6.49. The molecule has 0 spiro atoms. The summed E-state index contributed by atoms with van der Waals surface area (Å²) in [6.07, 6.45) is 9.92. The Kier molecular flexibility index (Phi) is 6.51. The van der Waals surface area contributed by atoms with Crippen LogP contribution in [0.3, 0.4) is 0 Å². The molecule has 3 aromatic heterocycles. The van der Waals surface area contributed by atoms with Crippen molar-refractivity contribution >= 4 is 65.1 Å². The van der Waals surface area contributed by atoms with Gasteiger partial charge in [-0.3, -0.25) is 0 Å². The Labute approximate surface area is 303 Å². The number of fused-ring (bicyclic) bond motifs is 9. The summed E-state index contributed by atoms with van der Waals surface area (Å²) in [5.41, 5.74) is 10.7. The fourth-order valence-corrected chi connectivity index (χ4v) is 9.31. The van der Waals surface area contributed by atoms with Crippen LogP contribution in [0.2, 0.25) is 0 Å². The highest BCUT2D eigenvalue weighted by atomic mass is 32.1. The van der Waals surface area contributed by atoms with Crippen LogP contribution in [0.25, 0.3) is 87.7 Å². The van der Waals surface area contributed by atoms with Gasteiger partial charge in [-0.25, -0.2) is 15.0 Å². The summed E-state index contributed by atoms with van der Waals surface area (Å²) in [5, 5.41) is 4.56. The Balaban J connectivity index is 1.19. The van der Waals surface area contributed by atoms with Gasteiger partial charge in [0.1, 0.15) is 11.2 Å². The van der Waals surface area contributed by atoms with Crippen LogP contribution in [-0.4, -0.2) is 15.0 Å². The third-order valence-electron chi connectivity index (χ3n) is 10.5. The minimum absolute atomic E-state index is 0.319. The summed E-state index contributed by atoms with van der Waals surface area (Å²) in [7, 11) is 0. The lowest BCUT2D eigenvalue weighted by atomic mass is 9.78. The van der Waals surface area contributed by atoms with E-state index in [1.54, 1.807) is 0 Å². The van der Waals surface area contributed by atoms with Gasteiger partial charge in [0.25, 0.3) is 0 Å². The van der Waals surface area contributed by atoms with Crippen LogP contribution in [-0.2, 0) is 0 Å². The van der Waals surface area contributed by atoms with Crippen molar-refractivity contribution in [2.75, 3.05) is 0 Å². The van der Waals surface area contributed by atoms with E-state index in [0.717, 1.165) is 56.2 Å². The first kappa shape index (κ1) is 29.3. The molecule has 244 valence electrons. The normalized spacial score (nSPS) is 15.2. The summed E-state index contributed by atoms with van der Waals surface area (Å²) in [4.78, 5) is 15.9. The molecule has 2 aliphatic carbocycles. The van der Waals surface area contributed by atoms with Gasteiger partial charge in [-0.2, -0.15) is 0 Å². The van der Waals surface area contributed by atoms with Gasteiger partial charge in [0.05, 0.1) is 0 Å². The van der Waals surface area contributed by atoms with Gasteiger partial charge in [0.2, 0.25) is 0 Å². The predicted octanol–water partition coefficient (Wildman–Crippen LogP) is 12.7. The van der Waals surface area contributed by atoms with Gasteiger partial charge in [0, 0.05) is 59.1 Å². The molecule has 9 aromatic rings. The highest BCUT2D eigenvalue weighted by Crippen LogP contribution is 2.47. The molecule has 4 nitrogen and oxygen atoms in total. The molecule has 1 atom stereocenters. The number of nitrogens with zero attached hydrogens (tertiary/aromatic N) is 3. The second-order valence-corrected chi connectivity index (χ2v) is 14.5. The maximum atomic E-state index is 6.49. The summed E-state index contributed by atoms with van der Waals surface area (Å²) in [5.74, 6) is 2.25. The molecule has 11 rings (SSSR count). The third-order valence-corrected chi connectivity index (χ3v) is 11.7. The van der Waals surface area contributed by atoms with Gasteiger partial charge < -0.3 is 4.42 Å². The van der Waals surface area contributed by atoms with Crippen molar-refractivity contribution in [3.05, 3.63) is 174 Å². The number of hydrogen-bond donors (Lipinski definition) is 0. The van der Waals surface area contributed by atoms with E-state index in [1.807, 2.05) is 41.7 Å². The molecule has 2 aliphatic rings. The average Bonchev–Trinajstić information content (AvgIpc) is 3.79. The molecular weight excluding hydrogens is 655 g/mol. The van der Waals surface area contributed by atoms with E-state index in [-0.39, 0.29) is 0 Å². The summed E-state index contributed by atoms with van der Waals surface area (Å²) in [6, 6.07) is 46.7. The van der Waals surface area contributed by atoms with Crippen LogP contribution in [0.1, 0.15) is 29.3 Å². The zero-order chi connectivity index (χ0) is 34.2. The molecule has 0 N–H and O–H groups in total. The number of benzene rings is 6. The van der Waals surface area contributed by atoms with Crippen molar-refractivity contribution in [1.82, 2.24) is 15.0 Å². The minimum atomic E-state index is 0.319. The maximum Gasteiger partial charge on any atom is 0.165 e. The lowest BCUT2D eigenvalue weighted by Crippen LogP contribution is -2.11. The molecule has 1 unspecified atom stereocenters. The van der Waals surface area contributed by atoms with Gasteiger partial charge in [0.15, 0.2) is 17.5 Å². The van der Waals surface area contributed by atoms with E-state index in [9.17, 15) is 0 Å². The molecule has 3 heterocycles. The smallest absolute Gasteiger partial charge is 0.165 e. The van der Waals surface area contributed by atoms with Crippen LogP contribution in [0.4, 0.5) is 0 Å². The van der Waals surface area contributed by atoms with Crippen LogP contribution in [0, 0.1) is 0 Å². The van der Waals surface area contributed by atoms with Gasteiger partial charge in [-0.15, -0.1) is 11.3 Å². The Hall–Kier alpha value is -6.43. The topological polar surface area (TPSA) is 51.8 Å². The van der Waals surface area contributed by atoms with E-state index in [1.165, 1.54) is 36.9 Å². The Morgan fingerprint density at radius 2 is 1.35 bits per heavy atom. The first-order valence-corrected chi connectivity index (χ1v) is 18.4. The molecule has 52 heavy (non-hydrogen) atoms. The first-order chi connectivity index (χ1) is 25.8. The largest absolute Gasteiger partial charge is 0.456 e. The van der Waals surface area contributed by atoms with Crippen LogP contribution in [0.5, 0.6) is 0 Å². The fourth-order valence-electron chi connectivity index (χ4n) is 8.08. The highest BCUT2D eigenvalue weighted by molar-refractivity contribution is 7.26. The van der Waals surface area contributed by atoms with E-state index in [2.05, 4.69) is 127 Å². The van der Waals surface area contributed by atoms with Crippen molar-refractivity contribution in [2.45, 2.75) is 12.3 Å². The van der Waals surface area contributed by atoms with Crippen LogP contribution < -0.4 is 0 Å². The lowest BCUT2D eigenvalue weighted by Gasteiger charge is -2.27. The molecule has 0 fully saturated rings. The number of furan rings is 1. The quantitative estimate of drug-likeness (QED) is 0.185. The number of allylic oxidation sites excluding steroid dienone is 5. The van der Waals surface area contributed by atoms with E-state index in [0.29, 0.717) is 23.4 Å². The summed E-state index contributed by atoms with van der Waals surface area (Å²) >= 11 is 1.83. The number of rotatable bonds is 4. The van der Waals surface area contributed by atoms with Crippen molar-refractivity contribution in [2.24, 2.45) is 0 Å². The monoisotopic (exact) mass is 683 g/mol. The Bertz CT molecular complexity index is 3000. The van der Waals surface area contributed by atoms with Gasteiger partial charge >= 0.3 is 0 Å². The standard InChI is InChI=1S/C47H29N3OS/c1-2-12-29(13-3-1)45-48-46(31-23-24-33-30(27-31)22-21-28-11-4-5-14-32(28)33)50-47(49-45)43-35(25-26-40-42(43)38-16-6-8-19-39(38)51-40)37-18-10-17-36-34-15-7-9-20-41(34)52-44(36)37/h1-23,25-27,33H,24H2. The van der Waals surface area contributed by atoms with Crippen LogP contribution >= 0.6 is 11.3 Å². The number of hydrogen-bond acceptors (Lipinski definition) is 5. The molecule has 0 amide bonds. The van der Waals surface area contributed by atoms with Crippen LogP contribution in [0.15, 0.2) is 162 Å². The second-order valence-electron chi connectivity index (χ2n) is 13.5. The Morgan fingerprint density at radius 3 is 2.29 bits per heavy atom. The van der Waals surface area contributed by atoms with Crippen molar-refractivity contribution in [3.63, 3.8) is 0 Å². The lowest BCUT2D eigenvalue weighted by molar-refractivity contribution is 0.669. The van der Waals surface area contributed by atoms with Gasteiger partial charge in [-0.05, 0) is 59.0 Å². The molecule has 0 aliphatic heterocycles. The summed E-state index contributed by atoms with van der Waals surface area (Å²) in [6.45, 7) is 0. The molecule has 0 saturated carbocycles. The van der Waals surface area contributed by atoms with Crippen molar-refractivity contribution < 1.29 is 4.42 Å². The first-order valence-electron chi connectivity index (χ1n) is 17.6.